The highest BCUT2D eigenvalue weighted by molar-refractivity contribution is 6.32. The Balaban J connectivity index is 2.82. The van der Waals surface area contributed by atoms with Gasteiger partial charge in [0.25, 0.3) is 0 Å². The largest absolute Gasteiger partial charge is 0.495 e. The van der Waals surface area contributed by atoms with E-state index in [1.807, 2.05) is 13.8 Å². The summed E-state index contributed by atoms with van der Waals surface area (Å²) in [5.41, 5.74) is 0.517. The molecule has 0 bridgehead atoms. The van der Waals surface area contributed by atoms with E-state index < -0.39 is 0 Å². The maximum atomic E-state index is 11.7. The van der Waals surface area contributed by atoms with Crippen LogP contribution in [0.1, 0.15) is 13.8 Å². The molecule has 1 rings (SSSR count). The Labute approximate surface area is 118 Å². The number of carbonyl (C=O) groups is 1. The highest BCUT2D eigenvalue weighted by Crippen LogP contribution is 2.35. The monoisotopic (exact) mass is 286 g/mol. The van der Waals surface area contributed by atoms with E-state index in [1.54, 1.807) is 12.1 Å². The van der Waals surface area contributed by atoms with Crippen molar-refractivity contribution in [2.75, 3.05) is 26.1 Å². The number of hydrogen-bond acceptors (Lipinski definition) is 4. The molecule has 1 aromatic rings. The number of carbonyl (C=O) groups excluding carboxylic acids is 1. The Bertz CT molecular complexity index is 450. The van der Waals surface area contributed by atoms with Crippen LogP contribution in [-0.4, -0.2) is 32.7 Å². The molecule has 0 heterocycles. The van der Waals surface area contributed by atoms with Gasteiger partial charge in [0, 0.05) is 12.1 Å². The fourth-order valence-corrected chi connectivity index (χ4v) is 1.69. The van der Waals surface area contributed by atoms with Gasteiger partial charge in [0.05, 0.1) is 31.5 Å². The fraction of sp³-hybridized carbons (Fsp3) is 0.462. The molecule has 2 N–H and O–H groups in total. The van der Waals surface area contributed by atoms with Gasteiger partial charge >= 0.3 is 0 Å². The molecule has 6 heteroatoms. The second-order valence-electron chi connectivity index (χ2n) is 4.27. The molecule has 0 aliphatic carbocycles. The second-order valence-corrected chi connectivity index (χ2v) is 4.68. The predicted octanol–water partition coefficient (Wildman–Crippen LogP) is 2.29. The van der Waals surface area contributed by atoms with E-state index in [4.69, 9.17) is 21.1 Å². The summed E-state index contributed by atoms with van der Waals surface area (Å²) in [7, 11) is 3.04. The molecule has 0 unspecified atom stereocenters. The Kier molecular flexibility index (Phi) is 5.92. The molecule has 0 radical (unpaired) electrons. The van der Waals surface area contributed by atoms with Gasteiger partial charge in [0.1, 0.15) is 11.5 Å². The average molecular weight is 287 g/mol. The molecule has 1 aromatic carbocycles. The summed E-state index contributed by atoms with van der Waals surface area (Å²) < 4.78 is 10.3. The molecule has 0 aliphatic heterocycles. The third-order valence-corrected chi connectivity index (χ3v) is 2.71. The van der Waals surface area contributed by atoms with Gasteiger partial charge in [-0.2, -0.15) is 0 Å². The van der Waals surface area contributed by atoms with Gasteiger partial charge in [-0.25, -0.2) is 0 Å². The summed E-state index contributed by atoms with van der Waals surface area (Å²) in [6, 6.07) is 3.48. The lowest BCUT2D eigenvalue weighted by atomic mass is 10.2. The van der Waals surface area contributed by atoms with Crippen molar-refractivity contribution < 1.29 is 14.3 Å². The molecule has 0 aliphatic rings. The van der Waals surface area contributed by atoms with Crippen LogP contribution in [0.4, 0.5) is 5.69 Å². The van der Waals surface area contributed by atoms with Gasteiger partial charge in [-0.1, -0.05) is 25.4 Å². The topological polar surface area (TPSA) is 59.6 Å². The standard InChI is InChI=1S/C13H19ClN2O3/c1-8(2)15-7-13(17)16-10-5-9(14)11(18-3)6-12(10)19-4/h5-6,8,15H,7H2,1-4H3,(H,16,17). The van der Waals surface area contributed by atoms with E-state index in [0.29, 0.717) is 22.2 Å². The average Bonchev–Trinajstić information content (AvgIpc) is 2.36. The third kappa shape index (κ3) is 4.61. The summed E-state index contributed by atoms with van der Waals surface area (Å²) in [6.45, 7) is 4.17. The lowest BCUT2D eigenvalue weighted by Crippen LogP contribution is -2.32. The van der Waals surface area contributed by atoms with Crippen molar-refractivity contribution >= 4 is 23.2 Å². The Morgan fingerprint density at radius 2 is 1.89 bits per heavy atom. The van der Waals surface area contributed by atoms with Crippen molar-refractivity contribution in [2.45, 2.75) is 19.9 Å². The van der Waals surface area contributed by atoms with Gasteiger partial charge < -0.3 is 20.1 Å². The summed E-state index contributed by atoms with van der Waals surface area (Å²) in [6.07, 6.45) is 0. The molecule has 1 amide bonds. The van der Waals surface area contributed by atoms with Gasteiger partial charge in [-0.15, -0.1) is 0 Å². The van der Waals surface area contributed by atoms with Crippen molar-refractivity contribution in [2.24, 2.45) is 0 Å². The van der Waals surface area contributed by atoms with Gasteiger partial charge in [-0.05, 0) is 6.07 Å². The maximum Gasteiger partial charge on any atom is 0.238 e. The predicted molar refractivity (Wildman–Crippen MR) is 76.3 cm³/mol. The number of benzene rings is 1. The summed E-state index contributed by atoms with van der Waals surface area (Å²) in [5.74, 6) is 0.837. The van der Waals surface area contributed by atoms with E-state index in [9.17, 15) is 4.79 Å². The molecule has 0 aromatic heterocycles. The van der Waals surface area contributed by atoms with Gasteiger partial charge in [-0.3, -0.25) is 4.79 Å². The van der Waals surface area contributed by atoms with Crippen LogP contribution in [0.5, 0.6) is 11.5 Å². The van der Waals surface area contributed by atoms with E-state index in [-0.39, 0.29) is 18.5 Å². The van der Waals surface area contributed by atoms with Crippen molar-refractivity contribution in [3.63, 3.8) is 0 Å². The lowest BCUT2D eigenvalue weighted by molar-refractivity contribution is -0.115. The highest BCUT2D eigenvalue weighted by Gasteiger charge is 2.12. The normalized spacial score (nSPS) is 10.4. The van der Waals surface area contributed by atoms with E-state index >= 15 is 0 Å². The SMILES string of the molecule is COc1cc(OC)c(NC(=O)CNC(C)C)cc1Cl. The first-order valence-electron chi connectivity index (χ1n) is 5.92. The number of rotatable bonds is 6. The molecular formula is C13H19ClN2O3. The minimum atomic E-state index is -0.159. The quantitative estimate of drug-likeness (QED) is 0.842. The summed E-state index contributed by atoms with van der Waals surface area (Å²) in [5, 5.41) is 6.18. The smallest absolute Gasteiger partial charge is 0.238 e. The zero-order valence-corrected chi connectivity index (χ0v) is 12.3. The molecular weight excluding hydrogens is 268 g/mol. The van der Waals surface area contributed by atoms with E-state index in [1.165, 1.54) is 14.2 Å². The first-order chi connectivity index (χ1) is 8.97. The molecule has 0 saturated heterocycles. The van der Waals surface area contributed by atoms with E-state index in [0.717, 1.165) is 0 Å². The van der Waals surface area contributed by atoms with Crippen LogP contribution in [0, 0.1) is 0 Å². The van der Waals surface area contributed by atoms with Crippen LogP contribution in [0.15, 0.2) is 12.1 Å². The Morgan fingerprint density at radius 1 is 1.26 bits per heavy atom. The zero-order valence-electron chi connectivity index (χ0n) is 11.5. The minimum absolute atomic E-state index is 0.159. The molecule has 0 spiro atoms. The molecule has 0 atom stereocenters. The van der Waals surface area contributed by atoms with Crippen LogP contribution >= 0.6 is 11.6 Å². The van der Waals surface area contributed by atoms with Gasteiger partial charge in [0.2, 0.25) is 5.91 Å². The maximum absolute atomic E-state index is 11.7. The molecule has 0 fully saturated rings. The fourth-order valence-electron chi connectivity index (χ4n) is 1.45. The van der Waals surface area contributed by atoms with Crippen LogP contribution in [0.25, 0.3) is 0 Å². The van der Waals surface area contributed by atoms with E-state index in [2.05, 4.69) is 10.6 Å². The third-order valence-electron chi connectivity index (χ3n) is 2.42. The number of amides is 1. The highest BCUT2D eigenvalue weighted by atomic mass is 35.5. The first kappa shape index (κ1) is 15.6. The van der Waals surface area contributed by atoms with Crippen molar-refractivity contribution in [1.29, 1.82) is 0 Å². The van der Waals surface area contributed by atoms with Crippen LogP contribution in [-0.2, 0) is 4.79 Å². The van der Waals surface area contributed by atoms with Crippen molar-refractivity contribution in [3.8, 4) is 11.5 Å². The van der Waals surface area contributed by atoms with Crippen molar-refractivity contribution in [1.82, 2.24) is 5.32 Å². The van der Waals surface area contributed by atoms with Crippen LogP contribution < -0.4 is 20.1 Å². The molecule has 19 heavy (non-hydrogen) atoms. The first-order valence-corrected chi connectivity index (χ1v) is 6.30. The van der Waals surface area contributed by atoms with Crippen molar-refractivity contribution in [3.05, 3.63) is 17.2 Å². The van der Waals surface area contributed by atoms with Crippen LogP contribution in [0.3, 0.4) is 0 Å². The molecule has 0 saturated carbocycles. The zero-order chi connectivity index (χ0) is 14.4. The number of anilines is 1. The number of nitrogens with one attached hydrogen (secondary N) is 2. The lowest BCUT2D eigenvalue weighted by Gasteiger charge is -2.14. The Morgan fingerprint density at radius 3 is 2.42 bits per heavy atom. The van der Waals surface area contributed by atoms with Crippen LogP contribution in [0.2, 0.25) is 5.02 Å². The number of hydrogen-bond donors (Lipinski definition) is 2. The summed E-state index contributed by atoms with van der Waals surface area (Å²) >= 11 is 6.02. The minimum Gasteiger partial charge on any atom is -0.495 e. The number of ether oxygens (including phenoxy) is 2. The van der Waals surface area contributed by atoms with Gasteiger partial charge in [0.15, 0.2) is 0 Å². The summed E-state index contributed by atoms with van der Waals surface area (Å²) in [4.78, 5) is 11.7. The number of methoxy groups -OCH3 is 2. The molecule has 106 valence electrons. The second kappa shape index (κ2) is 7.21. The molecule has 5 nitrogen and oxygen atoms in total. The number of halogens is 1. The Hall–Kier alpha value is -1.46.